The highest BCUT2D eigenvalue weighted by molar-refractivity contribution is 7.14. The van der Waals surface area contributed by atoms with E-state index in [2.05, 4.69) is 20.6 Å². The number of hydrogen-bond donors (Lipinski definition) is 2. The molecule has 3 heterocycles. The van der Waals surface area contributed by atoms with Crippen LogP contribution in [0, 0.1) is 0 Å². The summed E-state index contributed by atoms with van der Waals surface area (Å²) in [5.74, 6) is -0.430. The fourth-order valence-electron chi connectivity index (χ4n) is 2.89. The van der Waals surface area contributed by atoms with Gasteiger partial charge in [0.05, 0.1) is 11.3 Å². The number of esters is 2. The van der Waals surface area contributed by atoms with Crippen molar-refractivity contribution in [3.05, 3.63) is 59.6 Å². The number of nitrogens with zero attached hydrogens (tertiary/aromatic N) is 2. The average molecular weight is 394 g/mol. The Morgan fingerprint density at radius 2 is 2.04 bits per heavy atom. The largest absolute Gasteiger partial charge is 0.388 e. The molecule has 3 aromatic rings. The Bertz CT molecular complexity index is 967. The van der Waals surface area contributed by atoms with Crippen molar-refractivity contribution >= 4 is 34.2 Å². The van der Waals surface area contributed by atoms with E-state index in [0.717, 1.165) is 35.2 Å². The van der Waals surface area contributed by atoms with Crippen LogP contribution in [-0.2, 0) is 9.53 Å². The SMILES string of the molecule is O=C(OC(=O)C1CCCN1)c1ccc(-c2csc(Nc3ccccn3)n2)cc1. The molecule has 4 rings (SSSR count). The molecule has 0 spiro atoms. The molecule has 2 N–H and O–H groups in total. The van der Waals surface area contributed by atoms with Gasteiger partial charge in [0.2, 0.25) is 0 Å². The van der Waals surface area contributed by atoms with Gasteiger partial charge in [-0.15, -0.1) is 11.3 Å². The molecule has 0 amide bonds. The predicted octanol–water partition coefficient (Wildman–Crippen LogP) is 3.38. The summed E-state index contributed by atoms with van der Waals surface area (Å²) in [6, 6.07) is 12.1. The van der Waals surface area contributed by atoms with Gasteiger partial charge in [-0.3, -0.25) is 0 Å². The van der Waals surface area contributed by atoms with Crippen molar-refractivity contribution in [2.45, 2.75) is 18.9 Å². The maximum absolute atomic E-state index is 12.2. The minimum atomic E-state index is -0.638. The summed E-state index contributed by atoms with van der Waals surface area (Å²) in [4.78, 5) is 32.9. The summed E-state index contributed by atoms with van der Waals surface area (Å²) in [6.07, 6.45) is 3.32. The monoisotopic (exact) mass is 394 g/mol. The third-order valence-electron chi connectivity index (χ3n) is 4.36. The lowest BCUT2D eigenvalue weighted by Crippen LogP contribution is -2.33. The van der Waals surface area contributed by atoms with E-state index >= 15 is 0 Å². The number of benzene rings is 1. The van der Waals surface area contributed by atoms with E-state index in [1.54, 1.807) is 30.5 Å². The summed E-state index contributed by atoms with van der Waals surface area (Å²) < 4.78 is 4.97. The molecule has 8 heteroatoms. The van der Waals surface area contributed by atoms with Crippen molar-refractivity contribution in [1.82, 2.24) is 15.3 Å². The molecule has 1 saturated heterocycles. The zero-order valence-corrected chi connectivity index (χ0v) is 15.7. The second-order valence-corrected chi connectivity index (χ2v) is 7.17. The number of ether oxygens (including phenoxy) is 1. The number of thiazole rings is 1. The predicted molar refractivity (Wildman–Crippen MR) is 107 cm³/mol. The highest BCUT2D eigenvalue weighted by Gasteiger charge is 2.26. The smallest absolute Gasteiger partial charge is 0.345 e. The van der Waals surface area contributed by atoms with Crippen molar-refractivity contribution in [2.24, 2.45) is 0 Å². The van der Waals surface area contributed by atoms with E-state index in [0.29, 0.717) is 12.0 Å². The van der Waals surface area contributed by atoms with Gasteiger partial charge >= 0.3 is 11.9 Å². The van der Waals surface area contributed by atoms with E-state index in [-0.39, 0.29) is 6.04 Å². The summed E-state index contributed by atoms with van der Waals surface area (Å²) in [5.41, 5.74) is 1.98. The second kappa shape index (κ2) is 8.28. The van der Waals surface area contributed by atoms with E-state index in [9.17, 15) is 9.59 Å². The summed E-state index contributed by atoms with van der Waals surface area (Å²) in [7, 11) is 0. The van der Waals surface area contributed by atoms with Gasteiger partial charge in [0.1, 0.15) is 11.9 Å². The lowest BCUT2D eigenvalue weighted by atomic mass is 10.1. The summed E-state index contributed by atoms with van der Waals surface area (Å²) in [6.45, 7) is 0.771. The Hall–Kier alpha value is -3.10. The van der Waals surface area contributed by atoms with Crippen LogP contribution in [0.2, 0.25) is 0 Å². The van der Waals surface area contributed by atoms with E-state index < -0.39 is 11.9 Å². The number of carbonyl (C=O) groups is 2. The number of aromatic nitrogens is 2. The van der Waals surface area contributed by atoms with Crippen LogP contribution in [0.4, 0.5) is 10.9 Å². The molecule has 1 atom stereocenters. The molecule has 0 radical (unpaired) electrons. The molecule has 7 nitrogen and oxygen atoms in total. The standard InChI is InChI=1S/C20H18N4O3S/c25-18(27-19(26)15-4-3-11-21-15)14-8-6-13(7-9-14)16-12-28-20(23-16)24-17-5-1-2-10-22-17/h1-2,5-10,12,15,21H,3-4,11H2,(H,22,23,24). The maximum Gasteiger partial charge on any atom is 0.345 e. The van der Waals surface area contributed by atoms with Crippen LogP contribution in [0.5, 0.6) is 0 Å². The molecule has 0 aliphatic carbocycles. The number of pyridine rings is 1. The maximum atomic E-state index is 12.2. The summed E-state index contributed by atoms with van der Waals surface area (Å²) in [5, 5.41) is 8.82. The molecule has 1 aliphatic heterocycles. The first-order chi connectivity index (χ1) is 13.7. The highest BCUT2D eigenvalue weighted by atomic mass is 32.1. The molecular weight excluding hydrogens is 376 g/mol. The molecule has 28 heavy (non-hydrogen) atoms. The van der Waals surface area contributed by atoms with E-state index in [4.69, 9.17) is 4.74 Å². The van der Waals surface area contributed by atoms with Crippen LogP contribution < -0.4 is 10.6 Å². The van der Waals surface area contributed by atoms with Gasteiger partial charge in [-0.1, -0.05) is 18.2 Å². The first kappa shape index (κ1) is 18.3. The van der Waals surface area contributed by atoms with Crippen molar-refractivity contribution in [2.75, 3.05) is 11.9 Å². The first-order valence-electron chi connectivity index (χ1n) is 8.92. The first-order valence-corrected chi connectivity index (χ1v) is 9.80. The zero-order chi connectivity index (χ0) is 19.3. The number of rotatable bonds is 5. The molecular formula is C20H18N4O3S. The van der Waals surface area contributed by atoms with Gasteiger partial charge < -0.3 is 15.4 Å². The Kier molecular flexibility index (Phi) is 5.41. The molecule has 0 saturated carbocycles. The van der Waals surface area contributed by atoms with E-state index in [1.165, 1.54) is 11.3 Å². The third-order valence-corrected chi connectivity index (χ3v) is 5.12. The fraction of sp³-hybridized carbons (Fsp3) is 0.200. The van der Waals surface area contributed by atoms with Gasteiger partial charge in [-0.25, -0.2) is 19.6 Å². The number of carbonyl (C=O) groups excluding carboxylic acids is 2. The topological polar surface area (TPSA) is 93.2 Å². The Morgan fingerprint density at radius 1 is 1.18 bits per heavy atom. The van der Waals surface area contributed by atoms with E-state index in [1.807, 2.05) is 23.6 Å². The minimum Gasteiger partial charge on any atom is -0.388 e. The van der Waals surface area contributed by atoms with Gasteiger partial charge in [0.25, 0.3) is 0 Å². The number of nitrogens with one attached hydrogen (secondary N) is 2. The van der Waals surface area contributed by atoms with Gasteiger partial charge in [-0.2, -0.15) is 0 Å². The van der Waals surface area contributed by atoms with Gasteiger partial charge in [0.15, 0.2) is 5.13 Å². The van der Waals surface area contributed by atoms with Crippen LogP contribution in [0.15, 0.2) is 54.0 Å². The van der Waals surface area contributed by atoms with Crippen LogP contribution in [0.1, 0.15) is 23.2 Å². The lowest BCUT2D eigenvalue weighted by Gasteiger charge is -2.08. The average Bonchev–Trinajstić information content (AvgIpc) is 3.41. The molecule has 0 bridgehead atoms. The van der Waals surface area contributed by atoms with Crippen LogP contribution >= 0.6 is 11.3 Å². The van der Waals surface area contributed by atoms with Crippen LogP contribution in [0.25, 0.3) is 11.3 Å². The van der Waals surface area contributed by atoms with Crippen molar-refractivity contribution in [3.8, 4) is 11.3 Å². The number of anilines is 2. The number of hydrogen-bond acceptors (Lipinski definition) is 8. The molecule has 1 aliphatic rings. The van der Waals surface area contributed by atoms with Crippen LogP contribution in [0.3, 0.4) is 0 Å². The van der Waals surface area contributed by atoms with Gasteiger partial charge in [0, 0.05) is 17.1 Å². The minimum absolute atomic E-state index is 0.331. The fourth-order valence-corrected chi connectivity index (χ4v) is 3.62. The lowest BCUT2D eigenvalue weighted by molar-refractivity contribution is -0.139. The highest BCUT2D eigenvalue weighted by Crippen LogP contribution is 2.27. The Morgan fingerprint density at radius 3 is 2.75 bits per heavy atom. The van der Waals surface area contributed by atoms with Gasteiger partial charge in [-0.05, 0) is 43.7 Å². The molecule has 1 fully saturated rings. The summed E-state index contributed by atoms with van der Waals surface area (Å²) >= 11 is 1.47. The quantitative estimate of drug-likeness (QED) is 0.506. The van der Waals surface area contributed by atoms with Crippen molar-refractivity contribution < 1.29 is 14.3 Å². The normalized spacial score (nSPS) is 15.9. The van der Waals surface area contributed by atoms with Crippen LogP contribution in [-0.4, -0.2) is 34.5 Å². The molecule has 1 aromatic carbocycles. The Balaban J connectivity index is 1.40. The zero-order valence-electron chi connectivity index (χ0n) is 14.9. The second-order valence-electron chi connectivity index (χ2n) is 6.31. The molecule has 142 valence electrons. The third kappa shape index (κ3) is 4.24. The van der Waals surface area contributed by atoms with Crippen molar-refractivity contribution in [3.63, 3.8) is 0 Å². The Labute approximate surface area is 165 Å². The molecule has 1 unspecified atom stereocenters. The molecule has 2 aromatic heterocycles. The van der Waals surface area contributed by atoms with Crippen molar-refractivity contribution in [1.29, 1.82) is 0 Å².